The zero-order chi connectivity index (χ0) is 8.97. The summed E-state index contributed by atoms with van der Waals surface area (Å²) < 4.78 is 0. The van der Waals surface area contributed by atoms with Crippen LogP contribution >= 0.6 is 0 Å². The van der Waals surface area contributed by atoms with Crippen LogP contribution in [0.5, 0.6) is 5.75 Å². The number of aromatic hydroxyl groups is 1. The largest absolute Gasteiger partial charge is 0.508 e. The van der Waals surface area contributed by atoms with Gasteiger partial charge in [-0.1, -0.05) is 25.5 Å². The maximum atomic E-state index is 9.53. The zero-order valence-corrected chi connectivity index (χ0v) is 7.20. The average Bonchev–Trinajstić information content (AvgIpc) is 2.05. The van der Waals surface area contributed by atoms with Gasteiger partial charge < -0.3 is 10.2 Å². The summed E-state index contributed by atoms with van der Waals surface area (Å²) in [6, 6.07) is 6.76. The van der Waals surface area contributed by atoms with Crippen LogP contribution in [0.2, 0.25) is 0 Å². The van der Waals surface area contributed by atoms with Gasteiger partial charge in [0.15, 0.2) is 0 Å². The minimum atomic E-state index is -0.443. The Bertz CT molecular complexity index is 245. The summed E-state index contributed by atoms with van der Waals surface area (Å²) in [6.45, 7) is 2.02. The molecule has 0 aliphatic carbocycles. The molecule has 66 valence electrons. The number of aliphatic hydroxyl groups excluding tert-OH is 1. The predicted octanol–water partition coefficient (Wildman–Crippen LogP) is 2.23. The van der Waals surface area contributed by atoms with Gasteiger partial charge in [0.2, 0.25) is 0 Å². The van der Waals surface area contributed by atoms with Crippen molar-refractivity contribution >= 4 is 0 Å². The zero-order valence-electron chi connectivity index (χ0n) is 7.20. The van der Waals surface area contributed by atoms with Crippen LogP contribution in [0.15, 0.2) is 24.3 Å². The monoisotopic (exact) mass is 166 g/mol. The molecule has 0 saturated carbocycles. The minimum absolute atomic E-state index is 0.211. The van der Waals surface area contributed by atoms with Gasteiger partial charge in [-0.3, -0.25) is 0 Å². The Labute approximate surface area is 72.5 Å². The Hall–Kier alpha value is -1.02. The first-order valence-corrected chi connectivity index (χ1v) is 4.21. The molecule has 1 rings (SSSR count). The summed E-state index contributed by atoms with van der Waals surface area (Å²) >= 11 is 0. The van der Waals surface area contributed by atoms with Crippen molar-refractivity contribution in [3.05, 3.63) is 29.8 Å². The Morgan fingerprint density at radius 1 is 1.42 bits per heavy atom. The maximum Gasteiger partial charge on any atom is 0.115 e. The van der Waals surface area contributed by atoms with E-state index in [0.717, 1.165) is 18.4 Å². The van der Waals surface area contributed by atoms with Crippen molar-refractivity contribution in [3.63, 3.8) is 0 Å². The number of phenols is 1. The molecular weight excluding hydrogens is 152 g/mol. The lowest BCUT2D eigenvalue weighted by atomic mass is 10.1. The molecule has 0 radical (unpaired) electrons. The highest BCUT2D eigenvalue weighted by Gasteiger charge is 2.05. The fourth-order valence-electron chi connectivity index (χ4n) is 1.17. The highest BCUT2D eigenvalue weighted by molar-refractivity contribution is 5.28. The summed E-state index contributed by atoms with van der Waals surface area (Å²) in [4.78, 5) is 0. The SMILES string of the molecule is CCC[C@H](O)c1cccc(O)c1. The molecule has 2 nitrogen and oxygen atoms in total. The van der Waals surface area contributed by atoms with Gasteiger partial charge in [-0.15, -0.1) is 0 Å². The number of phenolic OH excluding ortho intramolecular Hbond substituents is 1. The molecule has 2 heteroatoms. The lowest BCUT2D eigenvalue weighted by Gasteiger charge is -2.08. The smallest absolute Gasteiger partial charge is 0.115 e. The van der Waals surface area contributed by atoms with E-state index in [9.17, 15) is 5.11 Å². The molecule has 0 aromatic heterocycles. The molecule has 12 heavy (non-hydrogen) atoms. The number of rotatable bonds is 3. The average molecular weight is 166 g/mol. The number of benzene rings is 1. The first-order chi connectivity index (χ1) is 5.74. The van der Waals surface area contributed by atoms with Gasteiger partial charge >= 0.3 is 0 Å². The van der Waals surface area contributed by atoms with Crippen LogP contribution < -0.4 is 0 Å². The molecule has 0 fully saturated rings. The van der Waals surface area contributed by atoms with E-state index in [2.05, 4.69) is 0 Å². The van der Waals surface area contributed by atoms with E-state index in [0.29, 0.717) is 0 Å². The molecule has 2 N–H and O–H groups in total. The summed E-state index contributed by atoms with van der Waals surface area (Å²) in [5.74, 6) is 0.211. The number of hydrogen-bond donors (Lipinski definition) is 2. The van der Waals surface area contributed by atoms with Crippen molar-refractivity contribution in [2.24, 2.45) is 0 Å². The van der Waals surface area contributed by atoms with Gasteiger partial charge in [-0.25, -0.2) is 0 Å². The Kier molecular flexibility index (Phi) is 3.11. The highest BCUT2D eigenvalue weighted by atomic mass is 16.3. The number of hydrogen-bond acceptors (Lipinski definition) is 2. The summed E-state index contributed by atoms with van der Waals surface area (Å²) in [6.07, 6.45) is 1.24. The van der Waals surface area contributed by atoms with Gasteiger partial charge in [-0.05, 0) is 24.1 Å². The summed E-state index contributed by atoms with van der Waals surface area (Å²) in [5.41, 5.74) is 0.789. The van der Waals surface area contributed by atoms with Crippen LogP contribution in [0.1, 0.15) is 31.4 Å². The standard InChI is InChI=1S/C10H14O2/c1-2-4-10(12)8-5-3-6-9(11)7-8/h3,5-7,10-12H,2,4H2,1H3/t10-/m0/s1. The quantitative estimate of drug-likeness (QED) is 0.722. The van der Waals surface area contributed by atoms with E-state index in [1.165, 1.54) is 0 Å². The Morgan fingerprint density at radius 3 is 2.75 bits per heavy atom. The van der Waals surface area contributed by atoms with Crippen LogP contribution in [-0.4, -0.2) is 10.2 Å². The lowest BCUT2D eigenvalue weighted by molar-refractivity contribution is 0.166. The van der Waals surface area contributed by atoms with Crippen molar-refractivity contribution in [1.29, 1.82) is 0 Å². The van der Waals surface area contributed by atoms with Gasteiger partial charge in [0.25, 0.3) is 0 Å². The van der Waals surface area contributed by atoms with Gasteiger partial charge in [-0.2, -0.15) is 0 Å². The molecule has 0 spiro atoms. The van der Waals surface area contributed by atoms with Gasteiger partial charge in [0.1, 0.15) is 5.75 Å². The fourth-order valence-corrected chi connectivity index (χ4v) is 1.17. The van der Waals surface area contributed by atoms with Crippen molar-refractivity contribution in [2.45, 2.75) is 25.9 Å². The first kappa shape index (κ1) is 9.07. The van der Waals surface area contributed by atoms with E-state index in [1.807, 2.05) is 13.0 Å². The van der Waals surface area contributed by atoms with E-state index >= 15 is 0 Å². The molecule has 0 aliphatic heterocycles. The first-order valence-electron chi connectivity index (χ1n) is 4.21. The second-order valence-corrected chi connectivity index (χ2v) is 2.90. The van der Waals surface area contributed by atoms with Crippen LogP contribution in [0.25, 0.3) is 0 Å². The second kappa shape index (κ2) is 4.12. The summed E-state index contributed by atoms with van der Waals surface area (Å²) in [5, 5.41) is 18.7. The van der Waals surface area contributed by atoms with Gasteiger partial charge in [0.05, 0.1) is 6.10 Å². The molecule has 0 bridgehead atoms. The second-order valence-electron chi connectivity index (χ2n) is 2.90. The maximum absolute atomic E-state index is 9.53. The number of aliphatic hydroxyl groups is 1. The van der Waals surface area contributed by atoms with Crippen LogP contribution in [0, 0.1) is 0 Å². The molecule has 0 heterocycles. The molecule has 0 unspecified atom stereocenters. The third kappa shape index (κ3) is 2.24. The Morgan fingerprint density at radius 2 is 2.17 bits per heavy atom. The molecule has 1 aromatic carbocycles. The fraction of sp³-hybridized carbons (Fsp3) is 0.400. The Balaban J connectivity index is 2.73. The molecule has 1 aromatic rings. The minimum Gasteiger partial charge on any atom is -0.508 e. The van der Waals surface area contributed by atoms with Crippen LogP contribution in [0.4, 0.5) is 0 Å². The van der Waals surface area contributed by atoms with Crippen molar-refractivity contribution in [3.8, 4) is 5.75 Å². The third-order valence-corrected chi connectivity index (χ3v) is 1.82. The van der Waals surface area contributed by atoms with Crippen molar-refractivity contribution in [2.75, 3.05) is 0 Å². The van der Waals surface area contributed by atoms with Crippen LogP contribution in [0.3, 0.4) is 0 Å². The molecule has 0 amide bonds. The van der Waals surface area contributed by atoms with E-state index in [4.69, 9.17) is 5.11 Å². The van der Waals surface area contributed by atoms with E-state index < -0.39 is 6.10 Å². The molecule has 1 atom stereocenters. The summed E-state index contributed by atoms with van der Waals surface area (Å²) in [7, 11) is 0. The molecule has 0 saturated heterocycles. The van der Waals surface area contributed by atoms with E-state index in [-0.39, 0.29) is 5.75 Å². The predicted molar refractivity (Wildman–Crippen MR) is 48.0 cm³/mol. The molecular formula is C10H14O2. The topological polar surface area (TPSA) is 40.5 Å². The lowest BCUT2D eigenvalue weighted by Crippen LogP contribution is -1.95. The highest BCUT2D eigenvalue weighted by Crippen LogP contribution is 2.21. The van der Waals surface area contributed by atoms with Crippen LogP contribution in [-0.2, 0) is 0 Å². The van der Waals surface area contributed by atoms with Gasteiger partial charge in [0, 0.05) is 0 Å². The normalized spacial score (nSPS) is 12.8. The van der Waals surface area contributed by atoms with Crippen molar-refractivity contribution < 1.29 is 10.2 Å². The third-order valence-electron chi connectivity index (χ3n) is 1.82. The van der Waals surface area contributed by atoms with E-state index in [1.54, 1.807) is 18.2 Å². The molecule has 0 aliphatic rings. The van der Waals surface area contributed by atoms with Crippen molar-refractivity contribution in [1.82, 2.24) is 0 Å².